The van der Waals surface area contributed by atoms with Gasteiger partial charge in [-0.15, -0.1) is 0 Å². The minimum absolute atomic E-state index is 0.259. The maximum Gasteiger partial charge on any atom is 0.168 e. The Hall–Kier alpha value is -1.09. The van der Waals surface area contributed by atoms with Crippen molar-refractivity contribution >= 4 is 0 Å². The maximum atomic E-state index is 14.4. The van der Waals surface area contributed by atoms with Crippen molar-refractivity contribution in [1.82, 2.24) is 0 Å². The SMILES string of the molecule is COc1cccc(CC2(N)CC(C)CCC2C(C)C)c1F. The van der Waals surface area contributed by atoms with Crippen LogP contribution in [0.15, 0.2) is 18.2 Å². The summed E-state index contributed by atoms with van der Waals surface area (Å²) in [6.45, 7) is 6.70. The third-order valence-electron chi connectivity index (χ3n) is 5.02. The van der Waals surface area contributed by atoms with Crippen LogP contribution in [0.25, 0.3) is 0 Å². The molecule has 118 valence electrons. The van der Waals surface area contributed by atoms with Gasteiger partial charge in [-0.1, -0.05) is 39.3 Å². The molecule has 3 heteroatoms. The largest absolute Gasteiger partial charge is 0.494 e. The number of hydrogen-bond donors (Lipinski definition) is 1. The van der Waals surface area contributed by atoms with Crippen LogP contribution < -0.4 is 10.5 Å². The molecule has 1 aromatic carbocycles. The van der Waals surface area contributed by atoms with E-state index >= 15 is 0 Å². The van der Waals surface area contributed by atoms with Crippen LogP contribution in [-0.4, -0.2) is 12.6 Å². The predicted octanol–water partition coefficient (Wildman–Crippen LogP) is 4.17. The average Bonchev–Trinajstić information content (AvgIpc) is 2.40. The summed E-state index contributed by atoms with van der Waals surface area (Å²) in [7, 11) is 1.50. The third kappa shape index (κ3) is 3.39. The lowest BCUT2D eigenvalue weighted by Crippen LogP contribution is -2.54. The van der Waals surface area contributed by atoms with Gasteiger partial charge < -0.3 is 10.5 Å². The molecule has 3 atom stereocenters. The van der Waals surface area contributed by atoms with Gasteiger partial charge in [0.1, 0.15) is 0 Å². The highest BCUT2D eigenvalue weighted by Crippen LogP contribution is 2.42. The molecular weight excluding hydrogens is 265 g/mol. The second kappa shape index (κ2) is 6.35. The highest BCUT2D eigenvalue weighted by Gasteiger charge is 2.41. The highest BCUT2D eigenvalue weighted by atomic mass is 19.1. The molecule has 1 saturated carbocycles. The topological polar surface area (TPSA) is 35.2 Å². The molecule has 1 fully saturated rings. The fourth-order valence-corrected chi connectivity index (χ4v) is 4.06. The summed E-state index contributed by atoms with van der Waals surface area (Å²) in [5.41, 5.74) is 7.14. The van der Waals surface area contributed by atoms with Crippen LogP contribution in [0, 0.1) is 23.6 Å². The quantitative estimate of drug-likeness (QED) is 0.904. The number of benzene rings is 1. The lowest BCUT2D eigenvalue weighted by atomic mass is 9.63. The first-order valence-electron chi connectivity index (χ1n) is 7.97. The fourth-order valence-electron chi connectivity index (χ4n) is 4.06. The van der Waals surface area contributed by atoms with E-state index in [1.165, 1.54) is 13.5 Å². The standard InChI is InChI=1S/C18H28FNO/c1-12(2)15-9-8-13(3)10-18(15,20)11-14-6-5-7-16(21-4)17(14)19/h5-7,12-13,15H,8-11,20H2,1-4H3. The van der Waals surface area contributed by atoms with E-state index in [0.717, 1.165) is 12.8 Å². The van der Waals surface area contributed by atoms with E-state index in [4.69, 9.17) is 10.5 Å². The van der Waals surface area contributed by atoms with Crippen LogP contribution in [-0.2, 0) is 6.42 Å². The molecular formula is C18H28FNO. The molecule has 2 N–H and O–H groups in total. The van der Waals surface area contributed by atoms with Crippen molar-refractivity contribution < 1.29 is 9.13 Å². The average molecular weight is 293 g/mol. The van der Waals surface area contributed by atoms with Crippen LogP contribution in [0.2, 0.25) is 0 Å². The van der Waals surface area contributed by atoms with Gasteiger partial charge in [-0.25, -0.2) is 4.39 Å². The Balaban J connectivity index is 2.30. The number of nitrogens with two attached hydrogens (primary N) is 1. The van der Waals surface area contributed by atoms with Crippen molar-refractivity contribution in [3.8, 4) is 5.75 Å². The Morgan fingerprint density at radius 2 is 2.10 bits per heavy atom. The molecule has 0 radical (unpaired) electrons. The van der Waals surface area contributed by atoms with Gasteiger partial charge in [-0.3, -0.25) is 0 Å². The second-order valence-corrected chi connectivity index (χ2v) is 7.08. The number of rotatable bonds is 4. The first kappa shape index (κ1) is 16.3. The van der Waals surface area contributed by atoms with Crippen molar-refractivity contribution in [2.45, 2.75) is 52.0 Å². The summed E-state index contributed by atoms with van der Waals surface area (Å²) in [4.78, 5) is 0. The monoisotopic (exact) mass is 293 g/mol. The van der Waals surface area contributed by atoms with Gasteiger partial charge in [0.15, 0.2) is 11.6 Å². The molecule has 0 heterocycles. The third-order valence-corrected chi connectivity index (χ3v) is 5.02. The molecule has 2 rings (SSSR count). The number of halogens is 1. The van der Waals surface area contributed by atoms with E-state index in [-0.39, 0.29) is 11.4 Å². The van der Waals surface area contributed by atoms with Crippen molar-refractivity contribution in [3.63, 3.8) is 0 Å². The zero-order valence-corrected chi connectivity index (χ0v) is 13.7. The van der Waals surface area contributed by atoms with E-state index in [2.05, 4.69) is 20.8 Å². The Morgan fingerprint density at radius 1 is 1.38 bits per heavy atom. The highest BCUT2D eigenvalue weighted by molar-refractivity contribution is 5.32. The molecule has 0 amide bonds. The molecule has 21 heavy (non-hydrogen) atoms. The minimum atomic E-state index is -0.320. The zero-order valence-electron chi connectivity index (χ0n) is 13.7. The molecule has 0 spiro atoms. The van der Waals surface area contributed by atoms with E-state index in [1.54, 1.807) is 6.07 Å². The van der Waals surface area contributed by atoms with Gasteiger partial charge in [0.25, 0.3) is 0 Å². The molecule has 1 aromatic rings. The summed E-state index contributed by atoms with van der Waals surface area (Å²) >= 11 is 0. The van der Waals surface area contributed by atoms with Gasteiger partial charge in [-0.05, 0) is 48.6 Å². The smallest absolute Gasteiger partial charge is 0.168 e. The lowest BCUT2D eigenvalue weighted by molar-refractivity contribution is 0.108. The molecule has 2 nitrogen and oxygen atoms in total. The first-order chi connectivity index (χ1) is 9.87. The molecule has 0 aliphatic heterocycles. The Bertz CT molecular complexity index is 488. The molecule has 1 aliphatic carbocycles. The zero-order chi connectivity index (χ0) is 15.6. The van der Waals surface area contributed by atoms with Crippen molar-refractivity contribution in [3.05, 3.63) is 29.6 Å². The summed E-state index contributed by atoms with van der Waals surface area (Å²) in [6, 6.07) is 5.34. The van der Waals surface area contributed by atoms with Crippen molar-refractivity contribution in [2.24, 2.45) is 23.5 Å². The molecule has 0 saturated heterocycles. The molecule has 0 bridgehead atoms. The maximum absolute atomic E-state index is 14.4. The number of hydrogen-bond acceptors (Lipinski definition) is 2. The molecule has 1 aliphatic rings. The van der Waals surface area contributed by atoms with Gasteiger partial charge in [0.05, 0.1) is 7.11 Å². The van der Waals surface area contributed by atoms with Gasteiger partial charge in [-0.2, -0.15) is 0 Å². The van der Waals surface area contributed by atoms with Crippen LogP contribution in [0.1, 0.15) is 45.6 Å². The van der Waals surface area contributed by atoms with Crippen LogP contribution in [0.4, 0.5) is 4.39 Å². The normalized spacial score (nSPS) is 29.7. The van der Waals surface area contributed by atoms with E-state index < -0.39 is 0 Å². The predicted molar refractivity (Wildman–Crippen MR) is 84.9 cm³/mol. The fraction of sp³-hybridized carbons (Fsp3) is 0.667. The number of methoxy groups -OCH3 is 1. The van der Waals surface area contributed by atoms with Crippen LogP contribution in [0.5, 0.6) is 5.75 Å². The first-order valence-corrected chi connectivity index (χ1v) is 7.97. The Kier molecular flexibility index (Phi) is 4.92. The number of ether oxygens (including phenoxy) is 1. The van der Waals surface area contributed by atoms with Gasteiger partial charge in [0.2, 0.25) is 0 Å². The Labute approximate surface area is 127 Å². The van der Waals surface area contributed by atoms with Crippen molar-refractivity contribution in [1.29, 1.82) is 0 Å². The summed E-state index contributed by atoms with van der Waals surface area (Å²) in [5, 5.41) is 0. The van der Waals surface area contributed by atoms with E-state index in [0.29, 0.717) is 35.5 Å². The summed E-state index contributed by atoms with van der Waals surface area (Å²) < 4.78 is 19.5. The van der Waals surface area contributed by atoms with Gasteiger partial charge >= 0.3 is 0 Å². The minimum Gasteiger partial charge on any atom is -0.494 e. The van der Waals surface area contributed by atoms with E-state index in [1.807, 2.05) is 12.1 Å². The van der Waals surface area contributed by atoms with E-state index in [9.17, 15) is 4.39 Å². The van der Waals surface area contributed by atoms with Gasteiger partial charge in [0, 0.05) is 5.54 Å². The molecule has 3 unspecified atom stereocenters. The van der Waals surface area contributed by atoms with Crippen LogP contribution in [0.3, 0.4) is 0 Å². The van der Waals surface area contributed by atoms with Crippen LogP contribution >= 0.6 is 0 Å². The molecule has 0 aromatic heterocycles. The Morgan fingerprint density at radius 3 is 2.71 bits per heavy atom. The summed E-state index contributed by atoms with van der Waals surface area (Å²) in [5.74, 6) is 1.63. The lowest BCUT2D eigenvalue weighted by Gasteiger charge is -2.46. The van der Waals surface area contributed by atoms with Crippen molar-refractivity contribution in [2.75, 3.05) is 7.11 Å². The second-order valence-electron chi connectivity index (χ2n) is 7.08. The summed E-state index contributed by atoms with van der Waals surface area (Å²) in [6.07, 6.45) is 3.92.